The summed E-state index contributed by atoms with van der Waals surface area (Å²) in [5.74, 6) is -0.140. The summed E-state index contributed by atoms with van der Waals surface area (Å²) >= 11 is 0. The Kier molecular flexibility index (Phi) is 3.04. The van der Waals surface area contributed by atoms with Gasteiger partial charge in [0.25, 0.3) is 0 Å². The summed E-state index contributed by atoms with van der Waals surface area (Å²) < 4.78 is 13.7. The maximum Gasteiger partial charge on any atom is 0.123 e. The van der Waals surface area contributed by atoms with Crippen molar-refractivity contribution in [1.29, 1.82) is 0 Å². The topological polar surface area (TPSA) is 0 Å². The highest BCUT2D eigenvalue weighted by atomic mass is 19.1. The Hall–Kier alpha value is -0.890. The van der Waals surface area contributed by atoms with E-state index in [4.69, 9.17) is 0 Å². The van der Waals surface area contributed by atoms with Crippen molar-refractivity contribution >= 4 is 0 Å². The molecule has 0 aliphatic heterocycles. The van der Waals surface area contributed by atoms with E-state index in [-0.39, 0.29) is 5.82 Å². The van der Waals surface area contributed by atoms with Crippen LogP contribution in [0.1, 0.15) is 5.56 Å². The fourth-order valence-corrected chi connectivity index (χ4v) is 1.16. The Morgan fingerprint density at radius 2 is 1.92 bits per heavy atom. The van der Waals surface area contributed by atoms with Crippen molar-refractivity contribution in [2.75, 3.05) is 27.7 Å². The minimum Gasteiger partial charge on any atom is -0.331 e. The standard InChI is InChI=1S/C11H17FN/c1-13(2,3)8-7-10-5-4-6-11(12)9-10/h4-6,9H,7-8H2,1-3H3/q+1. The van der Waals surface area contributed by atoms with Crippen LogP contribution in [0.3, 0.4) is 0 Å². The van der Waals surface area contributed by atoms with Crippen LogP contribution in [0.15, 0.2) is 24.3 Å². The molecule has 2 heteroatoms. The van der Waals surface area contributed by atoms with Gasteiger partial charge in [0.05, 0.1) is 27.7 Å². The SMILES string of the molecule is C[N+](C)(C)CCc1cccc(F)c1. The molecule has 0 bridgehead atoms. The molecule has 0 atom stereocenters. The van der Waals surface area contributed by atoms with Gasteiger partial charge >= 0.3 is 0 Å². The zero-order chi connectivity index (χ0) is 9.90. The number of likely N-dealkylation sites (N-methyl/N-ethyl adjacent to an activating group) is 1. The molecule has 13 heavy (non-hydrogen) atoms. The van der Waals surface area contributed by atoms with Gasteiger partial charge in [0.1, 0.15) is 5.82 Å². The summed E-state index contributed by atoms with van der Waals surface area (Å²) in [5, 5.41) is 0. The van der Waals surface area contributed by atoms with Crippen LogP contribution in [0, 0.1) is 5.82 Å². The third-order valence-electron chi connectivity index (χ3n) is 1.96. The molecule has 0 unspecified atom stereocenters. The molecule has 0 aliphatic rings. The monoisotopic (exact) mass is 182 g/mol. The summed E-state index contributed by atoms with van der Waals surface area (Å²) in [6, 6.07) is 6.82. The lowest BCUT2D eigenvalue weighted by Crippen LogP contribution is -2.36. The molecular formula is C11H17FN+. The summed E-state index contributed by atoms with van der Waals surface area (Å²) in [4.78, 5) is 0. The lowest BCUT2D eigenvalue weighted by molar-refractivity contribution is -0.870. The van der Waals surface area contributed by atoms with E-state index in [0.29, 0.717) is 0 Å². The zero-order valence-corrected chi connectivity index (χ0v) is 8.55. The largest absolute Gasteiger partial charge is 0.331 e. The van der Waals surface area contributed by atoms with Crippen molar-refractivity contribution in [3.05, 3.63) is 35.6 Å². The second kappa shape index (κ2) is 3.88. The van der Waals surface area contributed by atoms with Crippen molar-refractivity contribution in [3.63, 3.8) is 0 Å². The number of quaternary nitrogens is 1. The first kappa shape index (κ1) is 10.2. The molecule has 0 aromatic heterocycles. The van der Waals surface area contributed by atoms with E-state index in [1.807, 2.05) is 6.07 Å². The number of rotatable bonds is 3. The van der Waals surface area contributed by atoms with Gasteiger partial charge in [-0.1, -0.05) is 12.1 Å². The van der Waals surface area contributed by atoms with E-state index in [9.17, 15) is 4.39 Å². The van der Waals surface area contributed by atoms with Gasteiger partial charge in [-0.05, 0) is 17.7 Å². The molecule has 0 saturated heterocycles. The van der Waals surface area contributed by atoms with Crippen LogP contribution in [0.25, 0.3) is 0 Å². The number of nitrogens with zero attached hydrogens (tertiary/aromatic N) is 1. The van der Waals surface area contributed by atoms with Crippen LogP contribution in [-0.4, -0.2) is 32.2 Å². The van der Waals surface area contributed by atoms with E-state index in [0.717, 1.165) is 23.0 Å². The second-order valence-electron chi connectivity index (χ2n) is 4.39. The number of benzene rings is 1. The number of hydrogen-bond acceptors (Lipinski definition) is 0. The Balaban J connectivity index is 2.55. The molecule has 0 saturated carbocycles. The lowest BCUT2D eigenvalue weighted by Gasteiger charge is -2.23. The van der Waals surface area contributed by atoms with Crippen molar-refractivity contribution in [2.45, 2.75) is 6.42 Å². The van der Waals surface area contributed by atoms with E-state index in [1.165, 1.54) is 6.07 Å². The van der Waals surface area contributed by atoms with Gasteiger partial charge in [-0.25, -0.2) is 4.39 Å². The lowest BCUT2D eigenvalue weighted by atomic mass is 10.1. The maximum atomic E-state index is 12.8. The van der Waals surface area contributed by atoms with Crippen molar-refractivity contribution in [3.8, 4) is 0 Å². The van der Waals surface area contributed by atoms with Crippen molar-refractivity contribution in [2.24, 2.45) is 0 Å². The molecule has 0 amide bonds. The fourth-order valence-electron chi connectivity index (χ4n) is 1.16. The summed E-state index contributed by atoms with van der Waals surface area (Å²) in [5.41, 5.74) is 1.08. The molecule has 0 N–H and O–H groups in total. The van der Waals surface area contributed by atoms with Gasteiger partial charge < -0.3 is 4.48 Å². The summed E-state index contributed by atoms with van der Waals surface area (Å²) in [6.07, 6.45) is 0.932. The molecule has 1 nitrogen and oxygen atoms in total. The van der Waals surface area contributed by atoms with Gasteiger partial charge in [0, 0.05) is 6.42 Å². The minimum atomic E-state index is -0.140. The van der Waals surface area contributed by atoms with E-state index in [1.54, 1.807) is 12.1 Å². The zero-order valence-electron chi connectivity index (χ0n) is 8.55. The molecule has 0 heterocycles. The highest BCUT2D eigenvalue weighted by Crippen LogP contribution is 2.05. The molecule has 72 valence electrons. The first-order valence-electron chi connectivity index (χ1n) is 4.52. The van der Waals surface area contributed by atoms with Gasteiger partial charge in [-0.3, -0.25) is 0 Å². The Morgan fingerprint density at radius 3 is 2.46 bits per heavy atom. The first-order valence-corrected chi connectivity index (χ1v) is 4.52. The van der Waals surface area contributed by atoms with Crippen LogP contribution < -0.4 is 0 Å². The third-order valence-corrected chi connectivity index (χ3v) is 1.96. The highest BCUT2D eigenvalue weighted by molar-refractivity contribution is 5.16. The minimum absolute atomic E-state index is 0.140. The summed E-state index contributed by atoms with van der Waals surface area (Å²) in [7, 11) is 6.41. The molecule has 0 fully saturated rings. The molecule has 1 aromatic rings. The van der Waals surface area contributed by atoms with Crippen molar-refractivity contribution < 1.29 is 8.87 Å². The Morgan fingerprint density at radius 1 is 1.23 bits per heavy atom. The van der Waals surface area contributed by atoms with E-state index >= 15 is 0 Å². The highest BCUT2D eigenvalue weighted by Gasteiger charge is 2.06. The normalized spacial score (nSPS) is 11.7. The van der Waals surface area contributed by atoms with Crippen LogP contribution in [0.2, 0.25) is 0 Å². The average Bonchev–Trinajstić information content (AvgIpc) is 2.00. The quantitative estimate of drug-likeness (QED) is 0.628. The first-order chi connectivity index (χ1) is 5.97. The second-order valence-corrected chi connectivity index (χ2v) is 4.39. The van der Waals surface area contributed by atoms with Gasteiger partial charge in [-0.2, -0.15) is 0 Å². The van der Waals surface area contributed by atoms with E-state index in [2.05, 4.69) is 21.1 Å². The Labute approximate surface area is 79.4 Å². The maximum absolute atomic E-state index is 12.8. The summed E-state index contributed by atoms with van der Waals surface area (Å²) in [6.45, 7) is 1.03. The van der Waals surface area contributed by atoms with Crippen LogP contribution >= 0.6 is 0 Å². The predicted molar refractivity (Wildman–Crippen MR) is 53.0 cm³/mol. The smallest absolute Gasteiger partial charge is 0.123 e. The fraction of sp³-hybridized carbons (Fsp3) is 0.455. The van der Waals surface area contributed by atoms with Gasteiger partial charge in [0.2, 0.25) is 0 Å². The van der Waals surface area contributed by atoms with Crippen LogP contribution in [0.5, 0.6) is 0 Å². The molecule has 0 spiro atoms. The number of halogens is 1. The van der Waals surface area contributed by atoms with Gasteiger partial charge in [0.15, 0.2) is 0 Å². The third kappa shape index (κ3) is 4.04. The average molecular weight is 182 g/mol. The van der Waals surface area contributed by atoms with Crippen LogP contribution in [-0.2, 0) is 6.42 Å². The van der Waals surface area contributed by atoms with Crippen molar-refractivity contribution in [1.82, 2.24) is 0 Å². The molecule has 0 aliphatic carbocycles. The van der Waals surface area contributed by atoms with Gasteiger partial charge in [-0.15, -0.1) is 0 Å². The molecule has 1 aromatic carbocycles. The molecule has 1 rings (SSSR count). The number of hydrogen-bond donors (Lipinski definition) is 0. The van der Waals surface area contributed by atoms with E-state index < -0.39 is 0 Å². The van der Waals surface area contributed by atoms with Crippen LogP contribution in [0.4, 0.5) is 4.39 Å². The molecule has 0 radical (unpaired) electrons. The Bertz CT molecular complexity index is 276. The predicted octanol–water partition coefficient (Wildman–Crippen LogP) is 2.07. The molecular weight excluding hydrogens is 165 g/mol.